The third-order valence-electron chi connectivity index (χ3n) is 5.63. The van der Waals surface area contributed by atoms with Crippen molar-refractivity contribution in [2.75, 3.05) is 13.6 Å². The molecule has 1 aliphatic rings. The number of aromatic hydroxyl groups is 1. The van der Waals surface area contributed by atoms with E-state index in [-0.39, 0.29) is 39.7 Å². The summed E-state index contributed by atoms with van der Waals surface area (Å²) in [5.74, 6) is -0.773. The Hall–Kier alpha value is -3.02. The standard InChI is InChI=1S/C15H14FN3O2S.C8H16N2O2/c1-8-13(20)14(21)11(7-19-8)15(18)22-12(17)6-9-2-4-10(16)5-3-9;1-3-10(6-11)8(9-2)4-7(12)5-8/h2-5,7,17-18,20H,6H2,1H3,(H,19,21);6-7,9,12H,3-5H2,1-2H3. The number of hydrogen-bond acceptors (Lipinski definition) is 8. The van der Waals surface area contributed by atoms with Crippen LogP contribution < -0.4 is 10.7 Å². The van der Waals surface area contributed by atoms with Crippen molar-refractivity contribution in [3.63, 3.8) is 0 Å². The van der Waals surface area contributed by atoms with E-state index in [9.17, 15) is 24.2 Å². The number of rotatable bonds is 7. The molecule has 0 atom stereocenters. The van der Waals surface area contributed by atoms with Crippen LogP contribution in [0.5, 0.6) is 5.75 Å². The van der Waals surface area contributed by atoms with Gasteiger partial charge in [0.2, 0.25) is 11.8 Å². The van der Waals surface area contributed by atoms with E-state index in [4.69, 9.17) is 10.8 Å². The van der Waals surface area contributed by atoms with Crippen LogP contribution in [0.1, 0.15) is 36.6 Å². The Kier molecular flexibility index (Phi) is 9.54. The maximum absolute atomic E-state index is 12.8. The van der Waals surface area contributed by atoms with Gasteiger partial charge in [0.25, 0.3) is 0 Å². The van der Waals surface area contributed by atoms with Crippen LogP contribution in [0.15, 0.2) is 35.3 Å². The molecule has 2 aromatic rings. The Labute approximate surface area is 201 Å². The quantitative estimate of drug-likeness (QED) is 0.151. The summed E-state index contributed by atoms with van der Waals surface area (Å²) in [6.07, 6.45) is 3.43. The van der Waals surface area contributed by atoms with E-state index in [0.29, 0.717) is 25.1 Å². The molecule has 9 nitrogen and oxygen atoms in total. The minimum atomic E-state index is -0.636. The lowest BCUT2D eigenvalue weighted by Gasteiger charge is -2.50. The first-order chi connectivity index (χ1) is 16.1. The highest BCUT2D eigenvalue weighted by Gasteiger charge is 2.46. The zero-order chi connectivity index (χ0) is 25.5. The van der Waals surface area contributed by atoms with Gasteiger partial charge in [-0.3, -0.25) is 25.7 Å². The van der Waals surface area contributed by atoms with Gasteiger partial charge in [0, 0.05) is 32.0 Å². The second kappa shape index (κ2) is 11.9. The number of benzene rings is 1. The first-order valence-corrected chi connectivity index (χ1v) is 11.5. The molecule has 1 amide bonds. The van der Waals surface area contributed by atoms with Crippen molar-refractivity contribution >= 4 is 28.3 Å². The Morgan fingerprint density at radius 3 is 2.47 bits per heavy atom. The molecular formula is C23H30FN5O4S. The van der Waals surface area contributed by atoms with Gasteiger partial charge in [-0.2, -0.15) is 0 Å². The van der Waals surface area contributed by atoms with Gasteiger partial charge in [-0.25, -0.2) is 4.39 Å². The number of hydrogen-bond donors (Lipinski definition) is 6. The number of aromatic nitrogens is 1. The number of aliphatic hydroxyl groups excluding tert-OH is 1. The van der Waals surface area contributed by atoms with Gasteiger partial charge in [0.1, 0.15) is 10.9 Å². The highest BCUT2D eigenvalue weighted by Crippen LogP contribution is 2.34. The van der Waals surface area contributed by atoms with Gasteiger partial charge in [-0.1, -0.05) is 23.9 Å². The average molecular weight is 492 g/mol. The normalized spacial score (nSPS) is 18.8. The molecule has 1 aliphatic carbocycles. The van der Waals surface area contributed by atoms with E-state index in [1.165, 1.54) is 18.3 Å². The van der Waals surface area contributed by atoms with Crippen LogP contribution in [0.25, 0.3) is 0 Å². The number of halogens is 1. The second-order valence-electron chi connectivity index (χ2n) is 7.90. The largest absolute Gasteiger partial charge is 0.503 e. The molecule has 1 heterocycles. The summed E-state index contributed by atoms with van der Waals surface area (Å²) < 4.78 is 12.8. The Morgan fingerprint density at radius 1 is 1.35 bits per heavy atom. The number of aryl methyl sites for hydroxylation is 1. The van der Waals surface area contributed by atoms with E-state index in [2.05, 4.69) is 10.3 Å². The highest BCUT2D eigenvalue weighted by molar-refractivity contribution is 8.26. The number of nitrogens with zero attached hydrogens (tertiary/aromatic N) is 1. The highest BCUT2D eigenvalue weighted by atomic mass is 32.2. The maximum Gasteiger partial charge on any atom is 0.233 e. The molecule has 1 aromatic carbocycles. The lowest BCUT2D eigenvalue weighted by Crippen LogP contribution is -2.66. The third kappa shape index (κ3) is 6.52. The number of pyridine rings is 1. The lowest BCUT2D eigenvalue weighted by molar-refractivity contribution is -0.138. The molecule has 0 aliphatic heterocycles. The molecule has 184 valence electrons. The van der Waals surface area contributed by atoms with Crippen LogP contribution in [-0.4, -0.2) is 62.0 Å². The van der Waals surface area contributed by atoms with Crippen LogP contribution in [0.3, 0.4) is 0 Å². The predicted octanol–water partition coefficient (Wildman–Crippen LogP) is 2.34. The summed E-state index contributed by atoms with van der Waals surface area (Å²) in [7, 11) is 1.82. The van der Waals surface area contributed by atoms with E-state index in [0.717, 1.165) is 23.7 Å². The summed E-state index contributed by atoms with van der Waals surface area (Å²) in [4.78, 5) is 26.9. The fourth-order valence-electron chi connectivity index (χ4n) is 3.56. The lowest BCUT2D eigenvalue weighted by atomic mass is 9.80. The molecule has 11 heteroatoms. The van der Waals surface area contributed by atoms with Gasteiger partial charge < -0.3 is 20.1 Å². The number of thioether (sulfide) groups is 1. The second-order valence-corrected chi connectivity index (χ2v) is 9.00. The Balaban J connectivity index is 0.000000287. The molecule has 6 N–H and O–H groups in total. The monoisotopic (exact) mass is 491 g/mol. The molecule has 1 saturated carbocycles. The van der Waals surface area contributed by atoms with Crippen LogP contribution in [0.4, 0.5) is 4.39 Å². The molecule has 0 saturated heterocycles. The predicted molar refractivity (Wildman–Crippen MR) is 131 cm³/mol. The minimum absolute atomic E-state index is 0.0111. The van der Waals surface area contributed by atoms with Gasteiger partial charge in [-0.05, 0) is 38.6 Å². The number of nitrogens with one attached hydrogen (secondary N) is 4. The van der Waals surface area contributed by atoms with Crippen LogP contribution in [0, 0.1) is 23.6 Å². The molecule has 3 rings (SSSR count). The van der Waals surface area contributed by atoms with Crippen LogP contribution in [-0.2, 0) is 11.2 Å². The van der Waals surface area contributed by atoms with Crippen molar-refractivity contribution in [2.24, 2.45) is 0 Å². The van der Waals surface area contributed by atoms with Crippen molar-refractivity contribution < 1.29 is 19.4 Å². The molecule has 0 radical (unpaired) electrons. The van der Waals surface area contributed by atoms with Gasteiger partial charge in [0.05, 0.1) is 28.1 Å². The van der Waals surface area contributed by atoms with Gasteiger partial charge in [0.15, 0.2) is 5.75 Å². The van der Waals surface area contributed by atoms with Crippen molar-refractivity contribution in [2.45, 2.75) is 44.9 Å². The van der Waals surface area contributed by atoms with Crippen LogP contribution >= 0.6 is 11.8 Å². The topological polar surface area (TPSA) is 153 Å². The van der Waals surface area contributed by atoms with Crippen molar-refractivity contribution in [3.8, 4) is 5.75 Å². The summed E-state index contributed by atoms with van der Waals surface area (Å²) in [5, 5.41) is 37.7. The van der Waals surface area contributed by atoms with Crippen molar-refractivity contribution in [1.82, 2.24) is 15.2 Å². The molecule has 34 heavy (non-hydrogen) atoms. The zero-order valence-corrected chi connectivity index (χ0v) is 20.1. The molecule has 1 fully saturated rings. The number of H-pyrrole nitrogens is 1. The summed E-state index contributed by atoms with van der Waals surface area (Å²) in [6.45, 7) is 4.16. The first-order valence-electron chi connectivity index (χ1n) is 10.7. The number of amides is 1. The first kappa shape index (κ1) is 27.2. The summed E-state index contributed by atoms with van der Waals surface area (Å²) >= 11 is 0.822. The van der Waals surface area contributed by atoms with Crippen molar-refractivity contribution in [3.05, 3.63) is 63.3 Å². The number of carbonyl (C=O) groups excluding carboxylic acids is 1. The number of aliphatic hydroxyl groups is 1. The molecule has 0 bridgehead atoms. The zero-order valence-electron chi connectivity index (χ0n) is 19.3. The fraction of sp³-hybridized carbons (Fsp3) is 0.391. The summed E-state index contributed by atoms with van der Waals surface area (Å²) in [5.41, 5.74) is 0.163. The van der Waals surface area contributed by atoms with E-state index < -0.39 is 11.2 Å². The SMILES string of the molecule is CCN(C=O)C1(NC)CC(O)C1.Cc1[nH]cc(C(=N)SC(=N)Cc2ccc(F)cc2)c(=O)c1O. The van der Waals surface area contributed by atoms with E-state index >= 15 is 0 Å². The summed E-state index contributed by atoms with van der Waals surface area (Å²) in [6, 6.07) is 5.75. The molecule has 0 unspecified atom stereocenters. The Morgan fingerprint density at radius 2 is 1.97 bits per heavy atom. The third-order valence-corrected chi connectivity index (χ3v) is 6.44. The van der Waals surface area contributed by atoms with E-state index in [1.54, 1.807) is 24.0 Å². The average Bonchev–Trinajstić information content (AvgIpc) is 2.78. The van der Waals surface area contributed by atoms with Crippen LogP contribution in [0.2, 0.25) is 0 Å². The maximum atomic E-state index is 12.8. The fourth-order valence-corrected chi connectivity index (χ4v) is 4.31. The minimum Gasteiger partial charge on any atom is -0.503 e. The number of aromatic amines is 1. The molecule has 0 spiro atoms. The van der Waals surface area contributed by atoms with Crippen molar-refractivity contribution in [1.29, 1.82) is 10.8 Å². The smallest absolute Gasteiger partial charge is 0.233 e. The molecular weight excluding hydrogens is 461 g/mol. The Bertz CT molecular complexity index is 1080. The number of carbonyl (C=O) groups is 1. The van der Waals surface area contributed by atoms with E-state index in [1.807, 2.05) is 14.0 Å². The molecule has 1 aromatic heterocycles. The van der Waals surface area contributed by atoms with Gasteiger partial charge >= 0.3 is 0 Å². The van der Waals surface area contributed by atoms with Gasteiger partial charge in [-0.15, -0.1) is 0 Å².